The van der Waals surface area contributed by atoms with Gasteiger partial charge in [-0.1, -0.05) is 13.8 Å². The number of rotatable bonds is 12. The van der Waals surface area contributed by atoms with Gasteiger partial charge in [0.25, 0.3) is 0 Å². The van der Waals surface area contributed by atoms with Crippen LogP contribution in [-0.2, 0) is 9.53 Å². The van der Waals surface area contributed by atoms with Gasteiger partial charge in [0.15, 0.2) is 0 Å². The lowest BCUT2D eigenvalue weighted by molar-refractivity contribution is -0.124. The number of hydrogen-bond acceptors (Lipinski definition) is 4. The molecule has 1 rings (SSSR count). The number of nitrogens with one attached hydrogen (secondary N) is 1. The zero-order valence-electron chi connectivity index (χ0n) is 14.2. The van der Waals surface area contributed by atoms with Crippen molar-refractivity contribution in [3.8, 4) is 0 Å². The molecule has 1 unspecified atom stereocenters. The standard InChI is InChI=1S/C16H33N3O2/c1-5-14(6-2)19(11-12-21-4)10-9-16(3,15(17)20)18-13-7-8-13/h13-14,18H,5-12H2,1-4H3,(H2,17,20). The summed E-state index contributed by atoms with van der Waals surface area (Å²) < 4.78 is 5.22. The topological polar surface area (TPSA) is 67.6 Å². The van der Waals surface area contributed by atoms with Crippen LogP contribution in [-0.4, -0.2) is 55.2 Å². The molecular weight excluding hydrogens is 266 g/mol. The summed E-state index contributed by atoms with van der Waals surface area (Å²) in [6.45, 7) is 8.86. The van der Waals surface area contributed by atoms with E-state index in [0.29, 0.717) is 12.1 Å². The average Bonchev–Trinajstić information content (AvgIpc) is 3.25. The smallest absolute Gasteiger partial charge is 0.237 e. The summed E-state index contributed by atoms with van der Waals surface area (Å²) >= 11 is 0. The van der Waals surface area contributed by atoms with Crippen molar-refractivity contribution < 1.29 is 9.53 Å². The molecule has 0 aromatic heterocycles. The Balaban J connectivity index is 2.60. The Morgan fingerprint density at radius 2 is 2.00 bits per heavy atom. The van der Waals surface area contributed by atoms with E-state index >= 15 is 0 Å². The van der Waals surface area contributed by atoms with Gasteiger partial charge in [0, 0.05) is 32.3 Å². The first-order chi connectivity index (χ1) is 9.96. The van der Waals surface area contributed by atoms with Gasteiger partial charge in [-0.3, -0.25) is 9.69 Å². The van der Waals surface area contributed by atoms with Crippen LogP contribution < -0.4 is 11.1 Å². The van der Waals surface area contributed by atoms with Gasteiger partial charge in [-0.05, 0) is 39.0 Å². The Morgan fingerprint density at radius 3 is 2.43 bits per heavy atom. The Hall–Kier alpha value is -0.650. The molecule has 0 bridgehead atoms. The van der Waals surface area contributed by atoms with Crippen LogP contribution >= 0.6 is 0 Å². The second-order valence-electron chi connectivity index (χ2n) is 6.36. The molecule has 0 radical (unpaired) electrons. The van der Waals surface area contributed by atoms with Crippen molar-refractivity contribution in [1.29, 1.82) is 0 Å². The van der Waals surface area contributed by atoms with E-state index in [9.17, 15) is 4.79 Å². The van der Waals surface area contributed by atoms with Gasteiger partial charge in [0.2, 0.25) is 5.91 Å². The SMILES string of the molecule is CCC(CC)N(CCOC)CCC(C)(NC1CC1)C(N)=O. The summed E-state index contributed by atoms with van der Waals surface area (Å²) in [4.78, 5) is 14.3. The molecule has 1 fully saturated rings. The molecule has 0 heterocycles. The Bertz CT molecular complexity index is 317. The number of nitrogens with two attached hydrogens (primary N) is 1. The lowest BCUT2D eigenvalue weighted by Crippen LogP contribution is -2.56. The summed E-state index contributed by atoms with van der Waals surface area (Å²) in [5.41, 5.74) is 5.03. The first kappa shape index (κ1) is 18.4. The maximum Gasteiger partial charge on any atom is 0.237 e. The third kappa shape index (κ3) is 5.93. The normalized spacial score (nSPS) is 18.2. The lowest BCUT2D eigenvalue weighted by atomic mass is 9.95. The minimum atomic E-state index is -0.599. The molecule has 124 valence electrons. The summed E-state index contributed by atoms with van der Waals surface area (Å²) in [7, 11) is 1.73. The predicted molar refractivity (Wildman–Crippen MR) is 86.2 cm³/mol. The van der Waals surface area contributed by atoms with Gasteiger partial charge in [-0.25, -0.2) is 0 Å². The van der Waals surface area contributed by atoms with Gasteiger partial charge in [0.05, 0.1) is 12.1 Å². The minimum Gasteiger partial charge on any atom is -0.383 e. The number of carbonyl (C=O) groups excluding carboxylic acids is 1. The molecule has 0 aromatic carbocycles. The van der Waals surface area contributed by atoms with E-state index in [0.717, 1.165) is 51.8 Å². The zero-order valence-corrected chi connectivity index (χ0v) is 14.2. The van der Waals surface area contributed by atoms with Gasteiger partial charge >= 0.3 is 0 Å². The summed E-state index contributed by atoms with van der Waals surface area (Å²) in [5, 5.41) is 3.42. The lowest BCUT2D eigenvalue weighted by Gasteiger charge is -2.34. The van der Waals surface area contributed by atoms with E-state index in [1.807, 2.05) is 6.92 Å². The first-order valence-electron chi connectivity index (χ1n) is 8.27. The van der Waals surface area contributed by atoms with Crippen LogP contribution in [0.15, 0.2) is 0 Å². The van der Waals surface area contributed by atoms with Crippen molar-refractivity contribution in [2.24, 2.45) is 5.73 Å². The number of amides is 1. The zero-order chi connectivity index (χ0) is 15.9. The highest BCUT2D eigenvalue weighted by Crippen LogP contribution is 2.24. The molecule has 5 heteroatoms. The van der Waals surface area contributed by atoms with Crippen LogP contribution in [0.25, 0.3) is 0 Å². The Morgan fingerprint density at radius 1 is 1.38 bits per heavy atom. The highest BCUT2D eigenvalue weighted by Gasteiger charge is 2.37. The molecule has 1 aliphatic carbocycles. The predicted octanol–water partition coefficient (Wildman–Crippen LogP) is 1.51. The molecule has 0 aromatic rings. The monoisotopic (exact) mass is 299 g/mol. The molecular formula is C16H33N3O2. The Kier molecular flexibility index (Phi) is 7.63. The largest absolute Gasteiger partial charge is 0.383 e. The second kappa shape index (κ2) is 8.71. The van der Waals surface area contributed by atoms with Crippen LogP contribution in [0.3, 0.4) is 0 Å². The quantitative estimate of drug-likeness (QED) is 0.573. The molecule has 1 saturated carbocycles. The molecule has 5 nitrogen and oxygen atoms in total. The number of methoxy groups -OCH3 is 1. The fourth-order valence-electron chi connectivity index (χ4n) is 2.80. The van der Waals surface area contributed by atoms with Crippen LogP contribution in [0, 0.1) is 0 Å². The number of ether oxygens (including phenoxy) is 1. The van der Waals surface area contributed by atoms with E-state index in [1.54, 1.807) is 7.11 Å². The minimum absolute atomic E-state index is 0.245. The number of primary amides is 1. The second-order valence-corrected chi connectivity index (χ2v) is 6.36. The first-order valence-corrected chi connectivity index (χ1v) is 8.27. The van der Waals surface area contributed by atoms with E-state index in [1.165, 1.54) is 0 Å². The van der Waals surface area contributed by atoms with Crippen molar-refractivity contribution in [1.82, 2.24) is 10.2 Å². The number of hydrogen-bond donors (Lipinski definition) is 2. The molecule has 1 aliphatic rings. The summed E-state index contributed by atoms with van der Waals surface area (Å²) in [5.74, 6) is -0.245. The Labute approximate surface area is 129 Å². The maximum atomic E-state index is 11.8. The van der Waals surface area contributed by atoms with Crippen molar-refractivity contribution in [3.05, 3.63) is 0 Å². The molecule has 0 spiro atoms. The van der Waals surface area contributed by atoms with Crippen LogP contribution in [0.5, 0.6) is 0 Å². The van der Waals surface area contributed by atoms with Crippen LogP contribution in [0.2, 0.25) is 0 Å². The van der Waals surface area contributed by atoms with Gasteiger partial charge in [0.1, 0.15) is 0 Å². The molecule has 0 aliphatic heterocycles. The van der Waals surface area contributed by atoms with Crippen molar-refractivity contribution >= 4 is 5.91 Å². The number of nitrogens with zero attached hydrogens (tertiary/aromatic N) is 1. The fraction of sp³-hybridized carbons (Fsp3) is 0.938. The molecule has 1 atom stereocenters. The van der Waals surface area contributed by atoms with E-state index in [4.69, 9.17) is 10.5 Å². The number of carbonyl (C=O) groups is 1. The van der Waals surface area contributed by atoms with Crippen molar-refractivity contribution in [3.63, 3.8) is 0 Å². The third-order valence-electron chi connectivity index (χ3n) is 4.58. The van der Waals surface area contributed by atoms with E-state index in [-0.39, 0.29) is 5.91 Å². The maximum absolute atomic E-state index is 11.8. The summed E-state index contributed by atoms with van der Waals surface area (Å²) in [6, 6.07) is 1.02. The van der Waals surface area contributed by atoms with E-state index in [2.05, 4.69) is 24.1 Å². The van der Waals surface area contributed by atoms with Crippen molar-refractivity contribution in [2.45, 2.75) is 70.5 Å². The van der Waals surface area contributed by atoms with Gasteiger partial charge in [-0.2, -0.15) is 0 Å². The molecule has 3 N–H and O–H groups in total. The fourth-order valence-corrected chi connectivity index (χ4v) is 2.80. The summed E-state index contributed by atoms with van der Waals surface area (Å²) in [6.07, 6.45) is 5.29. The molecule has 0 saturated heterocycles. The van der Waals surface area contributed by atoms with Gasteiger partial charge in [-0.15, -0.1) is 0 Å². The average molecular weight is 299 g/mol. The highest BCUT2D eigenvalue weighted by atomic mass is 16.5. The van der Waals surface area contributed by atoms with Crippen LogP contribution in [0.4, 0.5) is 0 Å². The van der Waals surface area contributed by atoms with Gasteiger partial charge < -0.3 is 15.8 Å². The van der Waals surface area contributed by atoms with Crippen molar-refractivity contribution in [2.75, 3.05) is 26.8 Å². The highest BCUT2D eigenvalue weighted by molar-refractivity contribution is 5.84. The molecule has 21 heavy (non-hydrogen) atoms. The van der Waals surface area contributed by atoms with E-state index < -0.39 is 5.54 Å². The molecule has 1 amide bonds. The van der Waals surface area contributed by atoms with Crippen LogP contribution in [0.1, 0.15) is 52.9 Å². The third-order valence-corrected chi connectivity index (χ3v) is 4.58.